The summed E-state index contributed by atoms with van der Waals surface area (Å²) in [7, 11) is 1.59. The van der Waals surface area contributed by atoms with Gasteiger partial charge in [0.2, 0.25) is 5.76 Å². The minimum absolute atomic E-state index is 0.114. The molecule has 0 aliphatic rings. The summed E-state index contributed by atoms with van der Waals surface area (Å²) >= 11 is 0. The molecule has 176 valence electrons. The minimum atomic E-state index is -1.12. The summed E-state index contributed by atoms with van der Waals surface area (Å²) in [6, 6.07) is 19.5. The molecule has 0 saturated heterocycles. The zero-order valence-electron chi connectivity index (χ0n) is 19.3. The first-order valence-corrected chi connectivity index (χ1v) is 10.8. The van der Waals surface area contributed by atoms with Gasteiger partial charge in [0.05, 0.1) is 19.4 Å². The van der Waals surface area contributed by atoms with E-state index in [-0.39, 0.29) is 18.4 Å². The van der Waals surface area contributed by atoms with Crippen LogP contribution in [0.25, 0.3) is 17.3 Å². The maximum absolute atomic E-state index is 12.9. The number of carbonyl (C=O) groups is 2. The number of rotatable bonds is 9. The van der Waals surface area contributed by atoms with Crippen molar-refractivity contribution in [3.05, 3.63) is 78.1 Å². The predicted molar refractivity (Wildman–Crippen MR) is 132 cm³/mol. The van der Waals surface area contributed by atoms with Crippen LogP contribution in [0, 0.1) is 0 Å². The van der Waals surface area contributed by atoms with Crippen LogP contribution >= 0.6 is 0 Å². The van der Waals surface area contributed by atoms with Gasteiger partial charge in [-0.3, -0.25) is 4.90 Å². The van der Waals surface area contributed by atoms with E-state index < -0.39 is 5.97 Å². The molecule has 2 aromatic carbocycles. The van der Waals surface area contributed by atoms with Crippen LogP contribution in [0.15, 0.2) is 72.5 Å². The van der Waals surface area contributed by atoms with Crippen molar-refractivity contribution in [1.29, 1.82) is 0 Å². The molecule has 0 spiro atoms. The van der Waals surface area contributed by atoms with Crippen molar-refractivity contribution in [1.82, 2.24) is 4.98 Å². The summed E-state index contributed by atoms with van der Waals surface area (Å²) in [5, 5.41) is 12.1. The van der Waals surface area contributed by atoms with Gasteiger partial charge in [-0.1, -0.05) is 30.3 Å². The fourth-order valence-corrected chi connectivity index (χ4v) is 3.23. The van der Waals surface area contributed by atoms with Crippen LogP contribution in [0.2, 0.25) is 0 Å². The summed E-state index contributed by atoms with van der Waals surface area (Å²) in [5.41, 5.74) is 2.86. The molecular formula is C26H27N3O5. The molecule has 8 heteroatoms. The van der Waals surface area contributed by atoms with Crippen molar-refractivity contribution in [2.75, 3.05) is 30.5 Å². The Bertz CT molecular complexity index is 1160. The molecule has 0 radical (unpaired) electrons. The number of nitrogens with zero attached hydrogens (tertiary/aromatic N) is 2. The largest absolute Gasteiger partial charge is 0.497 e. The van der Waals surface area contributed by atoms with Crippen LogP contribution in [0.3, 0.4) is 0 Å². The van der Waals surface area contributed by atoms with Crippen LogP contribution in [0.4, 0.5) is 16.3 Å². The van der Waals surface area contributed by atoms with Gasteiger partial charge >= 0.3 is 12.0 Å². The van der Waals surface area contributed by atoms with Crippen molar-refractivity contribution in [3.63, 3.8) is 0 Å². The lowest BCUT2D eigenvalue weighted by molar-refractivity contribution is -0.136. The van der Waals surface area contributed by atoms with Gasteiger partial charge < -0.3 is 19.9 Å². The number of hydrogen-bond donors (Lipinski definition) is 2. The molecule has 2 amide bonds. The normalized spacial score (nSPS) is 11.0. The summed E-state index contributed by atoms with van der Waals surface area (Å²) in [5.74, 6) is -0.0116. The van der Waals surface area contributed by atoms with Crippen molar-refractivity contribution < 1.29 is 24.2 Å². The van der Waals surface area contributed by atoms with Gasteiger partial charge in [-0.05, 0) is 61.9 Å². The second-order valence-electron chi connectivity index (χ2n) is 7.15. The van der Waals surface area contributed by atoms with Crippen LogP contribution in [0.1, 0.15) is 19.4 Å². The van der Waals surface area contributed by atoms with Crippen LogP contribution < -0.4 is 15.0 Å². The number of pyridine rings is 1. The molecule has 0 unspecified atom stereocenters. The number of carboxylic acid groups (broad SMARTS) is 1. The maximum Gasteiger partial charge on any atom is 0.371 e. The van der Waals surface area contributed by atoms with E-state index in [1.165, 1.54) is 6.08 Å². The third kappa shape index (κ3) is 6.13. The van der Waals surface area contributed by atoms with E-state index in [2.05, 4.69) is 10.3 Å². The molecule has 0 fully saturated rings. The van der Waals surface area contributed by atoms with Gasteiger partial charge in [0, 0.05) is 17.8 Å². The second-order valence-corrected chi connectivity index (χ2v) is 7.15. The van der Waals surface area contributed by atoms with Crippen molar-refractivity contribution in [2.24, 2.45) is 0 Å². The van der Waals surface area contributed by atoms with Crippen molar-refractivity contribution in [2.45, 2.75) is 13.8 Å². The van der Waals surface area contributed by atoms with Gasteiger partial charge in [-0.25, -0.2) is 14.6 Å². The van der Waals surface area contributed by atoms with E-state index >= 15 is 0 Å². The van der Waals surface area contributed by atoms with Crippen LogP contribution in [-0.4, -0.2) is 42.4 Å². The SMILES string of the molecule is CCO/C(=C/c1ccc(-c2cccc(N(CC)C(=O)Nc3ccc(OC)cc3)n2)cc1)C(=O)O. The third-order valence-electron chi connectivity index (χ3n) is 4.93. The van der Waals surface area contributed by atoms with Crippen LogP contribution in [-0.2, 0) is 9.53 Å². The minimum Gasteiger partial charge on any atom is -0.497 e. The Morgan fingerprint density at radius 3 is 2.32 bits per heavy atom. The van der Waals surface area contributed by atoms with Gasteiger partial charge in [-0.15, -0.1) is 0 Å². The molecule has 0 aliphatic carbocycles. The number of aromatic nitrogens is 1. The predicted octanol–water partition coefficient (Wildman–Crippen LogP) is 5.28. The highest BCUT2D eigenvalue weighted by Gasteiger charge is 2.16. The lowest BCUT2D eigenvalue weighted by Crippen LogP contribution is -2.35. The average Bonchev–Trinajstić information content (AvgIpc) is 2.85. The Morgan fingerprint density at radius 2 is 1.74 bits per heavy atom. The van der Waals surface area contributed by atoms with E-state index in [9.17, 15) is 14.7 Å². The van der Waals surface area contributed by atoms with Crippen molar-refractivity contribution in [3.8, 4) is 17.0 Å². The molecule has 34 heavy (non-hydrogen) atoms. The molecule has 0 atom stereocenters. The highest BCUT2D eigenvalue weighted by molar-refractivity contribution is 6.01. The molecule has 3 aromatic rings. The first-order chi connectivity index (χ1) is 16.4. The maximum atomic E-state index is 12.9. The molecule has 0 bridgehead atoms. The molecule has 1 aromatic heterocycles. The third-order valence-corrected chi connectivity index (χ3v) is 4.93. The van der Waals surface area contributed by atoms with E-state index in [1.807, 2.05) is 31.2 Å². The quantitative estimate of drug-likeness (QED) is 0.332. The molecule has 2 N–H and O–H groups in total. The fourth-order valence-electron chi connectivity index (χ4n) is 3.23. The van der Waals surface area contributed by atoms with E-state index in [1.54, 1.807) is 61.4 Å². The van der Waals surface area contributed by atoms with Gasteiger partial charge in [0.15, 0.2) is 0 Å². The zero-order chi connectivity index (χ0) is 24.5. The molecule has 8 nitrogen and oxygen atoms in total. The Morgan fingerprint density at radius 1 is 1.03 bits per heavy atom. The first-order valence-electron chi connectivity index (χ1n) is 10.8. The summed E-state index contributed by atoms with van der Waals surface area (Å²) in [6.45, 7) is 4.31. The Balaban J connectivity index is 1.79. The lowest BCUT2D eigenvalue weighted by Gasteiger charge is -2.21. The number of aliphatic carboxylic acids is 1. The Hall–Kier alpha value is -4.33. The number of benzene rings is 2. The number of methoxy groups -OCH3 is 1. The van der Waals surface area contributed by atoms with Crippen molar-refractivity contribution >= 4 is 29.6 Å². The molecule has 3 rings (SSSR count). The highest BCUT2D eigenvalue weighted by Crippen LogP contribution is 2.23. The topological polar surface area (TPSA) is 101 Å². The number of nitrogens with one attached hydrogen (secondary N) is 1. The monoisotopic (exact) mass is 461 g/mol. The molecule has 0 saturated carbocycles. The first kappa shape index (κ1) is 24.3. The smallest absolute Gasteiger partial charge is 0.371 e. The number of anilines is 2. The lowest BCUT2D eigenvalue weighted by atomic mass is 10.1. The summed E-state index contributed by atoms with van der Waals surface area (Å²) in [4.78, 5) is 30.4. The Labute approximate surface area is 198 Å². The average molecular weight is 462 g/mol. The van der Waals surface area contributed by atoms with Crippen LogP contribution in [0.5, 0.6) is 5.75 Å². The van der Waals surface area contributed by atoms with E-state index in [0.717, 1.165) is 5.56 Å². The molecule has 0 aliphatic heterocycles. The number of amides is 2. The second kappa shape index (κ2) is 11.5. The number of urea groups is 1. The standard InChI is InChI=1S/C26H27N3O5/c1-4-29(26(32)27-20-13-15-21(33-3)16-14-20)24-8-6-7-22(28-24)19-11-9-18(10-12-19)17-23(25(30)31)34-5-2/h6-17H,4-5H2,1-3H3,(H,27,32)(H,30,31)/b23-17+. The number of carbonyl (C=O) groups excluding carboxylic acids is 1. The summed E-state index contributed by atoms with van der Waals surface area (Å²) in [6.07, 6.45) is 1.47. The van der Waals surface area contributed by atoms with E-state index in [0.29, 0.717) is 35.1 Å². The molecular weight excluding hydrogens is 434 g/mol. The van der Waals surface area contributed by atoms with E-state index in [4.69, 9.17) is 9.47 Å². The van der Waals surface area contributed by atoms with Gasteiger partial charge in [0.1, 0.15) is 11.6 Å². The van der Waals surface area contributed by atoms with Gasteiger partial charge in [0.25, 0.3) is 0 Å². The highest BCUT2D eigenvalue weighted by atomic mass is 16.5. The zero-order valence-corrected chi connectivity index (χ0v) is 19.3. The van der Waals surface area contributed by atoms with Gasteiger partial charge in [-0.2, -0.15) is 0 Å². The number of ether oxygens (including phenoxy) is 2. The Kier molecular flexibility index (Phi) is 8.23. The summed E-state index contributed by atoms with van der Waals surface area (Å²) < 4.78 is 10.3. The number of hydrogen-bond acceptors (Lipinski definition) is 5. The fraction of sp³-hybridized carbons (Fsp3) is 0.192. The number of carboxylic acids is 1. The molecule has 1 heterocycles.